The molecule has 0 bridgehead atoms. The molecule has 3 nitrogen and oxygen atoms in total. The second-order valence-electron chi connectivity index (χ2n) is 3.74. The first-order valence-electron chi connectivity index (χ1n) is 5.34. The maximum absolute atomic E-state index is 12.5. The summed E-state index contributed by atoms with van der Waals surface area (Å²) in [6, 6.07) is 8.24. The number of rotatable bonds is 3. The number of nitrogens with zero attached hydrogens (tertiary/aromatic N) is 2. The van der Waals surface area contributed by atoms with E-state index in [1.54, 1.807) is 0 Å². The molecule has 100 valence electrons. The summed E-state index contributed by atoms with van der Waals surface area (Å²) in [4.78, 5) is 7.17. The Balaban J connectivity index is 2.05. The Morgan fingerprint density at radius 2 is 1.79 bits per heavy atom. The van der Waals surface area contributed by atoms with Crippen LogP contribution in [0.4, 0.5) is 19.1 Å². The lowest BCUT2D eigenvalue weighted by Crippen LogP contribution is -2.11. The third-order valence-electron chi connectivity index (χ3n) is 2.31. The zero-order valence-corrected chi connectivity index (χ0v) is 11.2. The fourth-order valence-electron chi connectivity index (χ4n) is 1.39. The highest BCUT2D eigenvalue weighted by molar-refractivity contribution is 9.10. The molecule has 0 spiro atoms. The minimum Gasteiger partial charge on any atom is -0.350 e. The summed E-state index contributed by atoms with van der Waals surface area (Å²) in [5.41, 5.74) is -0.0370. The number of anilines is 1. The lowest BCUT2D eigenvalue weighted by Gasteiger charge is -2.08. The van der Waals surface area contributed by atoms with Crippen LogP contribution in [0.5, 0.6) is 0 Å². The molecule has 1 aromatic heterocycles. The van der Waals surface area contributed by atoms with Gasteiger partial charge in [-0.15, -0.1) is 0 Å². The van der Waals surface area contributed by atoms with E-state index >= 15 is 0 Å². The summed E-state index contributed by atoms with van der Waals surface area (Å²) in [5.74, 6) is -0.0438. The van der Waals surface area contributed by atoms with Crippen molar-refractivity contribution in [2.24, 2.45) is 0 Å². The van der Waals surface area contributed by atoms with Crippen LogP contribution < -0.4 is 5.32 Å². The van der Waals surface area contributed by atoms with Crippen molar-refractivity contribution in [1.29, 1.82) is 0 Å². The number of hydrogen-bond donors (Lipinski definition) is 1. The lowest BCUT2D eigenvalue weighted by atomic mass is 10.2. The third kappa shape index (κ3) is 3.92. The maximum Gasteiger partial charge on any atom is 0.433 e. The van der Waals surface area contributed by atoms with E-state index in [1.807, 2.05) is 24.3 Å². The second kappa shape index (κ2) is 5.56. The van der Waals surface area contributed by atoms with Gasteiger partial charge in [0.05, 0.1) is 0 Å². The molecule has 0 aliphatic heterocycles. The van der Waals surface area contributed by atoms with Crippen LogP contribution in [0.3, 0.4) is 0 Å². The summed E-state index contributed by atoms with van der Waals surface area (Å²) in [5, 5.41) is 2.76. The molecule has 0 amide bonds. The van der Waals surface area contributed by atoms with E-state index in [0.717, 1.165) is 22.3 Å². The molecule has 19 heavy (non-hydrogen) atoms. The molecule has 2 rings (SSSR count). The molecule has 0 fully saturated rings. The Kier molecular flexibility index (Phi) is 4.04. The molecule has 0 saturated carbocycles. The van der Waals surface area contributed by atoms with Gasteiger partial charge in [0.25, 0.3) is 0 Å². The van der Waals surface area contributed by atoms with E-state index in [-0.39, 0.29) is 5.95 Å². The van der Waals surface area contributed by atoms with Gasteiger partial charge < -0.3 is 5.32 Å². The van der Waals surface area contributed by atoms with Crippen LogP contribution >= 0.6 is 15.9 Å². The molecule has 1 N–H and O–H groups in total. The van der Waals surface area contributed by atoms with Gasteiger partial charge in [0.15, 0.2) is 0 Å². The van der Waals surface area contributed by atoms with E-state index < -0.39 is 11.9 Å². The molecule has 1 aromatic carbocycles. The van der Waals surface area contributed by atoms with Gasteiger partial charge in [0.1, 0.15) is 5.69 Å². The zero-order chi connectivity index (χ0) is 13.9. The number of alkyl halides is 3. The van der Waals surface area contributed by atoms with Gasteiger partial charge in [0.2, 0.25) is 5.95 Å². The Labute approximate surface area is 116 Å². The highest BCUT2D eigenvalue weighted by Gasteiger charge is 2.32. The Morgan fingerprint density at radius 3 is 2.42 bits per heavy atom. The Morgan fingerprint density at radius 1 is 1.11 bits per heavy atom. The first-order valence-corrected chi connectivity index (χ1v) is 6.13. The average molecular weight is 332 g/mol. The van der Waals surface area contributed by atoms with E-state index in [9.17, 15) is 13.2 Å². The molecule has 0 saturated heterocycles. The molecule has 7 heteroatoms. The molecule has 2 aromatic rings. The molecule has 0 aliphatic rings. The van der Waals surface area contributed by atoms with Crippen molar-refractivity contribution in [2.45, 2.75) is 12.7 Å². The number of halogens is 4. The van der Waals surface area contributed by atoms with Crippen molar-refractivity contribution >= 4 is 21.9 Å². The van der Waals surface area contributed by atoms with Gasteiger partial charge in [-0.25, -0.2) is 9.97 Å². The van der Waals surface area contributed by atoms with Gasteiger partial charge >= 0.3 is 6.18 Å². The highest BCUT2D eigenvalue weighted by atomic mass is 79.9. The van der Waals surface area contributed by atoms with Gasteiger partial charge in [-0.05, 0) is 23.8 Å². The Hall–Kier alpha value is -1.63. The van der Waals surface area contributed by atoms with Crippen molar-refractivity contribution in [3.05, 3.63) is 52.3 Å². The predicted octanol–water partition coefficient (Wildman–Crippen LogP) is 3.87. The van der Waals surface area contributed by atoms with Gasteiger partial charge in [0, 0.05) is 17.2 Å². The van der Waals surface area contributed by atoms with Crippen molar-refractivity contribution < 1.29 is 13.2 Å². The van der Waals surface area contributed by atoms with Crippen LogP contribution in [0.1, 0.15) is 11.3 Å². The maximum atomic E-state index is 12.5. The summed E-state index contributed by atoms with van der Waals surface area (Å²) in [6.45, 7) is 0.356. The molecular formula is C12H9BrF3N3. The highest BCUT2D eigenvalue weighted by Crippen LogP contribution is 2.27. The molecule has 1 heterocycles. The van der Waals surface area contributed by atoms with Crippen LogP contribution in [0, 0.1) is 0 Å². The topological polar surface area (TPSA) is 37.8 Å². The van der Waals surface area contributed by atoms with E-state index in [0.29, 0.717) is 6.54 Å². The van der Waals surface area contributed by atoms with Gasteiger partial charge in [-0.1, -0.05) is 28.1 Å². The summed E-state index contributed by atoms with van der Waals surface area (Å²) in [6.07, 6.45) is -3.38. The quantitative estimate of drug-likeness (QED) is 0.927. The standard InChI is InChI=1S/C12H9BrF3N3/c13-9-3-1-8(2-4-9)7-18-11-17-6-5-10(19-11)12(14,15)16/h1-6H,7H2,(H,17,18,19). The largest absolute Gasteiger partial charge is 0.433 e. The van der Waals surface area contributed by atoms with Crippen molar-refractivity contribution in [1.82, 2.24) is 9.97 Å². The van der Waals surface area contributed by atoms with Gasteiger partial charge in [-0.2, -0.15) is 13.2 Å². The number of benzene rings is 1. The smallest absolute Gasteiger partial charge is 0.350 e. The SMILES string of the molecule is FC(F)(F)c1ccnc(NCc2ccc(Br)cc2)n1. The Bertz CT molecular complexity index is 555. The van der Waals surface area contributed by atoms with Crippen molar-refractivity contribution in [2.75, 3.05) is 5.32 Å². The first kappa shape index (κ1) is 13.8. The van der Waals surface area contributed by atoms with Gasteiger partial charge in [-0.3, -0.25) is 0 Å². The van der Waals surface area contributed by atoms with E-state index in [1.165, 1.54) is 0 Å². The predicted molar refractivity (Wildman–Crippen MR) is 68.5 cm³/mol. The average Bonchev–Trinajstić information content (AvgIpc) is 2.37. The van der Waals surface area contributed by atoms with Crippen LogP contribution in [0.25, 0.3) is 0 Å². The molecular weight excluding hydrogens is 323 g/mol. The van der Waals surface area contributed by atoms with Crippen LogP contribution in [-0.4, -0.2) is 9.97 Å². The summed E-state index contributed by atoms with van der Waals surface area (Å²) in [7, 11) is 0. The molecule has 0 radical (unpaired) electrons. The van der Waals surface area contributed by atoms with Crippen molar-refractivity contribution in [3.63, 3.8) is 0 Å². The number of hydrogen-bond acceptors (Lipinski definition) is 3. The van der Waals surface area contributed by atoms with Crippen LogP contribution in [-0.2, 0) is 12.7 Å². The van der Waals surface area contributed by atoms with Crippen LogP contribution in [0.2, 0.25) is 0 Å². The van der Waals surface area contributed by atoms with E-state index in [2.05, 4.69) is 31.2 Å². The lowest BCUT2D eigenvalue weighted by molar-refractivity contribution is -0.141. The van der Waals surface area contributed by atoms with E-state index in [4.69, 9.17) is 0 Å². The summed E-state index contributed by atoms with van der Waals surface area (Å²) >= 11 is 3.30. The molecule has 0 atom stereocenters. The minimum absolute atomic E-state index is 0.0438. The minimum atomic E-state index is -4.46. The fraction of sp³-hybridized carbons (Fsp3) is 0.167. The second-order valence-corrected chi connectivity index (χ2v) is 4.66. The first-order chi connectivity index (χ1) is 8.95. The zero-order valence-electron chi connectivity index (χ0n) is 9.58. The van der Waals surface area contributed by atoms with Crippen molar-refractivity contribution in [3.8, 4) is 0 Å². The number of nitrogens with one attached hydrogen (secondary N) is 1. The molecule has 0 aliphatic carbocycles. The molecule has 0 unspecified atom stereocenters. The number of aromatic nitrogens is 2. The summed E-state index contributed by atoms with van der Waals surface area (Å²) < 4.78 is 38.3. The van der Waals surface area contributed by atoms with Crippen LogP contribution in [0.15, 0.2) is 41.0 Å². The monoisotopic (exact) mass is 331 g/mol. The third-order valence-corrected chi connectivity index (χ3v) is 2.84. The normalized spacial score (nSPS) is 11.4. The fourth-order valence-corrected chi connectivity index (χ4v) is 1.65.